The molecule has 1 amide bonds. The number of nitrogens with one attached hydrogen (secondary N) is 1. The van der Waals surface area contributed by atoms with Gasteiger partial charge in [0.2, 0.25) is 5.91 Å². The predicted octanol–water partition coefficient (Wildman–Crippen LogP) is 1.26. The Hall–Kier alpha value is -1.85. The van der Waals surface area contributed by atoms with Crippen LogP contribution in [-0.2, 0) is 16.1 Å². The third-order valence-electron chi connectivity index (χ3n) is 2.86. The van der Waals surface area contributed by atoms with E-state index in [0.29, 0.717) is 19.4 Å². The lowest BCUT2D eigenvalue weighted by Gasteiger charge is -2.13. The van der Waals surface area contributed by atoms with Gasteiger partial charge in [0.1, 0.15) is 6.04 Å². The summed E-state index contributed by atoms with van der Waals surface area (Å²) in [6, 6.07) is 1.15. The summed E-state index contributed by atoms with van der Waals surface area (Å²) >= 11 is 0. The average Bonchev–Trinajstić information content (AvgIpc) is 2.64. The van der Waals surface area contributed by atoms with Crippen LogP contribution in [-0.4, -0.2) is 32.8 Å². The van der Waals surface area contributed by atoms with Crippen LogP contribution < -0.4 is 5.32 Å². The van der Waals surface area contributed by atoms with Crippen molar-refractivity contribution in [1.29, 1.82) is 0 Å². The smallest absolute Gasteiger partial charge is 0.326 e. The van der Waals surface area contributed by atoms with E-state index in [-0.39, 0.29) is 12.3 Å². The lowest BCUT2D eigenvalue weighted by atomic mass is 10.1. The highest BCUT2D eigenvalue weighted by atomic mass is 16.4. The number of nitrogens with zero attached hydrogens (tertiary/aromatic N) is 2. The van der Waals surface area contributed by atoms with Crippen LogP contribution in [0.1, 0.15) is 37.6 Å². The number of rotatable bonds is 7. The second-order valence-corrected chi connectivity index (χ2v) is 4.65. The zero-order valence-electron chi connectivity index (χ0n) is 11.6. The van der Waals surface area contributed by atoms with Gasteiger partial charge in [-0.25, -0.2) is 4.79 Å². The Morgan fingerprint density at radius 1 is 1.47 bits per heavy atom. The van der Waals surface area contributed by atoms with E-state index in [1.165, 1.54) is 0 Å². The van der Waals surface area contributed by atoms with E-state index >= 15 is 0 Å². The molecule has 0 bridgehead atoms. The molecule has 0 aliphatic carbocycles. The molecule has 0 spiro atoms. The fourth-order valence-corrected chi connectivity index (χ4v) is 1.92. The topological polar surface area (TPSA) is 84.2 Å². The van der Waals surface area contributed by atoms with Gasteiger partial charge in [-0.2, -0.15) is 5.10 Å². The van der Waals surface area contributed by atoms with E-state index in [1.807, 2.05) is 26.8 Å². The molecule has 0 aliphatic heterocycles. The summed E-state index contributed by atoms with van der Waals surface area (Å²) < 4.78 is 1.75. The molecule has 1 rings (SSSR count). The van der Waals surface area contributed by atoms with Crippen molar-refractivity contribution in [2.24, 2.45) is 0 Å². The normalized spacial score (nSPS) is 12.2. The zero-order valence-corrected chi connectivity index (χ0v) is 11.6. The molecule has 1 heterocycles. The third-order valence-corrected chi connectivity index (χ3v) is 2.86. The van der Waals surface area contributed by atoms with Gasteiger partial charge in [0.05, 0.1) is 5.69 Å². The van der Waals surface area contributed by atoms with Crippen molar-refractivity contribution in [3.63, 3.8) is 0 Å². The van der Waals surface area contributed by atoms with Crippen LogP contribution in [0.3, 0.4) is 0 Å². The number of carboxylic acid groups (broad SMARTS) is 1. The molecule has 0 aromatic carbocycles. The lowest BCUT2D eigenvalue weighted by Crippen LogP contribution is -2.40. The molecule has 0 radical (unpaired) electrons. The van der Waals surface area contributed by atoms with Crippen molar-refractivity contribution >= 4 is 11.9 Å². The number of amides is 1. The number of aryl methyl sites for hydroxylation is 3. The first-order valence-electron chi connectivity index (χ1n) is 6.47. The lowest BCUT2D eigenvalue weighted by molar-refractivity contribution is -0.142. The Morgan fingerprint density at radius 2 is 2.16 bits per heavy atom. The van der Waals surface area contributed by atoms with Gasteiger partial charge in [-0.1, -0.05) is 13.3 Å². The van der Waals surface area contributed by atoms with Crippen LogP contribution in [0.15, 0.2) is 6.07 Å². The Bertz CT molecular complexity index is 454. The number of aliphatic carboxylic acids is 1. The van der Waals surface area contributed by atoms with Crippen molar-refractivity contribution in [3.8, 4) is 0 Å². The van der Waals surface area contributed by atoms with Crippen LogP contribution >= 0.6 is 0 Å². The van der Waals surface area contributed by atoms with Gasteiger partial charge in [-0.15, -0.1) is 0 Å². The second kappa shape index (κ2) is 6.92. The van der Waals surface area contributed by atoms with Gasteiger partial charge in [0, 0.05) is 18.7 Å². The van der Waals surface area contributed by atoms with Crippen molar-refractivity contribution in [2.75, 3.05) is 0 Å². The Balaban J connectivity index is 2.47. The average molecular weight is 267 g/mol. The summed E-state index contributed by atoms with van der Waals surface area (Å²) in [7, 11) is 0. The first-order chi connectivity index (χ1) is 8.93. The van der Waals surface area contributed by atoms with Gasteiger partial charge in [0.15, 0.2) is 0 Å². The molecule has 106 valence electrons. The SMILES string of the molecule is CCCC(NC(=O)CCn1nc(C)cc1C)C(=O)O. The minimum Gasteiger partial charge on any atom is -0.480 e. The molecule has 6 heteroatoms. The van der Waals surface area contributed by atoms with Crippen LogP contribution in [0.5, 0.6) is 0 Å². The predicted molar refractivity (Wildman–Crippen MR) is 70.8 cm³/mol. The number of hydrogen-bond donors (Lipinski definition) is 2. The minimum atomic E-state index is -0.985. The molecule has 1 unspecified atom stereocenters. The fraction of sp³-hybridized carbons (Fsp3) is 0.615. The fourth-order valence-electron chi connectivity index (χ4n) is 1.92. The number of hydrogen-bond acceptors (Lipinski definition) is 3. The third kappa shape index (κ3) is 4.73. The van der Waals surface area contributed by atoms with Gasteiger partial charge in [-0.3, -0.25) is 9.48 Å². The molecule has 2 N–H and O–H groups in total. The highest BCUT2D eigenvalue weighted by Gasteiger charge is 2.18. The van der Waals surface area contributed by atoms with Gasteiger partial charge in [-0.05, 0) is 26.3 Å². The summed E-state index contributed by atoms with van der Waals surface area (Å²) in [5, 5.41) is 15.7. The van der Waals surface area contributed by atoms with Gasteiger partial charge in [0.25, 0.3) is 0 Å². The molecular weight excluding hydrogens is 246 g/mol. The van der Waals surface area contributed by atoms with Crippen LogP contribution in [0.4, 0.5) is 0 Å². The van der Waals surface area contributed by atoms with E-state index in [4.69, 9.17) is 5.11 Å². The van der Waals surface area contributed by atoms with Crippen molar-refractivity contribution in [2.45, 2.75) is 52.6 Å². The van der Waals surface area contributed by atoms with E-state index in [0.717, 1.165) is 11.4 Å². The molecule has 6 nitrogen and oxygen atoms in total. The molecule has 0 saturated heterocycles. The highest BCUT2D eigenvalue weighted by Crippen LogP contribution is 2.03. The summed E-state index contributed by atoms with van der Waals surface area (Å²) in [5.74, 6) is -1.24. The molecule has 0 saturated carbocycles. The summed E-state index contributed by atoms with van der Waals surface area (Å²) in [4.78, 5) is 22.6. The zero-order chi connectivity index (χ0) is 14.4. The molecule has 19 heavy (non-hydrogen) atoms. The van der Waals surface area contributed by atoms with Crippen LogP contribution in [0.25, 0.3) is 0 Å². The van der Waals surface area contributed by atoms with E-state index in [9.17, 15) is 9.59 Å². The summed E-state index contributed by atoms with van der Waals surface area (Å²) in [6.07, 6.45) is 1.39. The van der Waals surface area contributed by atoms with Gasteiger partial charge < -0.3 is 10.4 Å². The minimum absolute atomic E-state index is 0.232. The quantitative estimate of drug-likeness (QED) is 0.779. The first kappa shape index (κ1) is 15.2. The number of carboxylic acids is 1. The molecule has 0 fully saturated rings. The van der Waals surface area contributed by atoms with E-state index in [2.05, 4.69) is 10.4 Å². The summed E-state index contributed by atoms with van der Waals surface area (Å²) in [6.45, 7) is 6.17. The number of carbonyl (C=O) groups is 2. The Labute approximate surface area is 112 Å². The van der Waals surface area contributed by atoms with E-state index in [1.54, 1.807) is 4.68 Å². The Kier molecular flexibility index (Phi) is 5.54. The monoisotopic (exact) mass is 267 g/mol. The molecule has 1 aromatic heterocycles. The Morgan fingerprint density at radius 3 is 2.63 bits per heavy atom. The maximum atomic E-state index is 11.7. The number of aromatic nitrogens is 2. The second-order valence-electron chi connectivity index (χ2n) is 4.65. The molecular formula is C13H21N3O3. The first-order valence-corrected chi connectivity index (χ1v) is 6.47. The largest absolute Gasteiger partial charge is 0.480 e. The molecule has 0 aliphatic rings. The molecule has 1 atom stereocenters. The maximum Gasteiger partial charge on any atom is 0.326 e. The van der Waals surface area contributed by atoms with Crippen LogP contribution in [0.2, 0.25) is 0 Å². The standard InChI is InChI=1S/C13H21N3O3/c1-4-5-11(13(18)19)14-12(17)6-7-16-10(3)8-9(2)15-16/h8,11H,4-7H2,1-3H3,(H,14,17)(H,18,19). The van der Waals surface area contributed by atoms with Crippen molar-refractivity contribution < 1.29 is 14.7 Å². The van der Waals surface area contributed by atoms with E-state index < -0.39 is 12.0 Å². The number of carbonyl (C=O) groups excluding carboxylic acids is 1. The summed E-state index contributed by atoms with van der Waals surface area (Å²) in [5.41, 5.74) is 1.90. The van der Waals surface area contributed by atoms with Crippen LogP contribution in [0, 0.1) is 13.8 Å². The maximum absolute atomic E-state index is 11.7. The molecule has 1 aromatic rings. The van der Waals surface area contributed by atoms with Crippen molar-refractivity contribution in [1.82, 2.24) is 15.1 Å². The van der Waals surface area contributed by atoms with Gasteiger partial charge >= 0.3 is 5.97 Å². The van der Waals surface area contributed by atoms with Crippen molar-refractivity contribution in [3.05, 3.63) is 17.5 Å². The highest BCUT2D eigenvalue weighted by molar-refractivity contribution is 5.83.